The lowest BCUT2D eigenvalue weighted by atomic mass is 9.89. The largest absolute Gasteiger partial charge is 0.342 e. The van der Waals surface area contributed by atoms with Gasteiger partial charge in [-0.05, 0) is 23.3 Å². The van der Waals surface area contributed by atoms with E-state index in [0.29, 0.717) is 11.6 Å². The molecule has 1 saturated heterocycles. The Morgan fingerprint density at radius 3 is 2.66 bits per heavy atom. The maximum atomic E-state index is 13.3. The summed E-state index contributed by atoms with van der Waals surface area (Å²) in [5.41, 5.74) is 2.02. The van der Waals surface area contributed by atoms with Crippen molar-refractivity contribution < 1.29 is 4.79 Å². The van der Waals surface area contributed by atoms with Crippen molar-refractivity contribution in [3.8, 4) is 0 Å². The summed E-state index contributed by atoms with van der Waals surface area (Å²) in [5.74, 6) is 0.710. The third kappa shape index (κ3) is 4.47. The predicted octanol–water partition coefficient (Wildman–Crippen LogP) is 2.44. The topological polar surface area (TPSA) is 76.8 Å². The van der Waals surface area contributed by atoms with Crippen LogP contribution in [0, 0.1) is 5.92 Å². The van der Waals surface area contributed by atoms with Crippen molar-refractivity contribution in [1.82, 2.24) is 30.0 Å². The molecule has 154 valence electrons. The van der Waals surface area contributed by atoms with Gasteiger partial charge >= 0.3 is 0 Å². The van der Waals surface area contributed by atoms with Gasteiger partial charge in [-0.1, -0.05) is 23.7 Å². The van der Waals surface area contributed by atoms with Crippen molar-refractivity contribution in [3.63, 3.8) is 0 Å². The summed E-state index contributed by atoms with van der Waals surface area (Å²) in [7, 11) is 3.81. The highest BCUT2D eigenvalue weighted by Gasteiger charge is 2.36. The number of amides is 1. The van der Waals surface area contributed by atoms with Gasteiger partial charge < -0.3 is 15.2 Å². The molecule has 4 rings (SSSR count). The number of rotatable bonds is 5. The van der Waals surface area contributed by atoms with Crippen molar-refractivity contribution in [2.45, 2.75) is 12.0 Å². The fourth-order valence-corrected chi connectivity index (χ4v) is 3.92. The highest BCUT2D eigenvalue weighted by atomic mass is 35.5. The molecule has 0 radical (unpaired) electrons. The molecular weight excluding hydrogens is 411 g/mol. The number of halogens is 2. The number of carbonyl (C=O) groups excluding carboxylic acids is 1. The molecule has 2 aromatic heterocycles. The fourth-order valence-electron chi connectivity index (χ4n) is 3.79. The molecule has 29 heavy (non-hydrogen) atoms. The Morgan fingerprint density at radius 2 is 2.03 bits per heavy atom. The third-order valence-electron chi connectivity index (χ3n) is 5.31. The second-order valence-electron chi connectivity index (χ2n) is 7.21. The summed E-state index contributed by atoms with van der Waals surface area (Å²) >= 11 is 6.05. The first-order chi connectivity index (χ1) is 13.5. The van der Waals surface area contributed by atoms with E-state index in [-0.39, 0.29) is 36.2 Å². The first-order valence-electron chi connectivity index (χ1n) is 9.25. The van der Waals surface area contributed by atoms with Crippen molar-refractivity contribution >= 4 is 29.9 Å². The first-order valence-corrected chi connectivity index (χ1v) is 9.63. The smallest absolute Gasteiger partial charge is 0.225 e. The molecule has 0 bridgehead atoms. The summed E-state index contributed by atoms with van der Waals surface area (Å²) in [4.78, 5) is 17.7. The van der Waals surface area contributed by atoms with E-state index in [1.165, 1.54) is 0 Å². The van der Waals surface area contributed by atoms with Gasteiger partial charge in [-0.2, -0.15) is 5.10 Å². The lowest BCUT2D eigenvalue weighted by molar-refractivity contribution is -0.125. The average molecular weight is 435 g/mol. The van der Waals surface area contributed by atoms with E-state index in [0.717, 1.165) is 23.5 Å². The van der Waals surface area contributed by atoms with Crippen LogP contribution >= 0.6 is 24.0 Å². The number of nitrogens with zero attached hydrogens (tertiary/aromatic N) is 4. The van der Waals surface area contributed by atoms with Crippen LogP contribution in [0.3, 0.4) is 0 Å². The maximum Gasteiger partial charge on any atom is 0.225 e. The number of hydrogen-bond acceptors (Lipinski definition) is 4. The Bertz CT molecular complexity index is 968. The molecule has 1 aliphatic heterocycles. The van der Waals surface area contributed by atoms with E-state index in [1.807, 2.05) is 61.5 Å². The number of benzene rings is 1. The van der Waals surface area contributed by atoms with Gasteiger partial charge in [0.05, 0.1) is 12.1 Å². The van der Waals surface area contributed by atoms with Crippen LogP contribution in [0.4, 0.5) is 0 Å². The Labute approximate surface area is 180 Å². The molecule has 1 aromatic carbocycles. The quantitative estimate of drug-likeness (QED) is 0.646. The van der Waals surface area contributed by atoms with Crippen LogP contribution < -0.4 is 10.6 Å². The highest BCUT2D eigenvalue weighted by Crippen LogP contribution is 2.30. The molecule has 0 spiro atoms. The zero-order valence-corrected chi connectivity index (χ0v) is 17.8. The summed E-state index contributed by atoms with van der Waals surface area (Å²) in [5, 5.41) is 11.5. The van der Waals surface area contributed by atoms with Gasteiger partial charge in [0.25, 0.3) is 0 Å². The summed E-state index contributed by atoms with van der Waals surface area (Å²) in [6, 6.07) is 7.16. The third-order valence-corrected chi connectivity index (χ3v) is 5.56. The highest BCUT2D eigenvalue weighted by molar-refractivity contribution is 6.30. The number of aryl methyl sites for hydroxylation is 2. The van der Waals surface area contributed by atoms with Crippen LogP contribution in [0.25, 0.3) is 0 Å². The molecule has 0 aliphatic carbocycles. The molecule has 0 saturated carbocycles. The second kappa shape index (κ2) is 8.98. The monoisotopic (exact) mass is 434 g/mol. The van der Waals surface area contributed by atoms with E-state index in [2.05, 4.69) is 20.7 Å². The van der Waals surface area contributed by atoms with Crippen LogP contribution in [-0.4, -0.2) is 38.3 Å². The number of imidazole rings is 1. The minimum Gasteiger partial charge on any atom is -0.342 e. The fraction of sp³-hybridized carbons (Fsp3) is 0.350. The van der Waals surface area contributed by atoms with Crippen molar-refractivity contribution in [1.29, 1.82) is 0 Å². The average Bonchev–Trinajstić information content (AvgIpc) is 3.41. The van der Waals surface area contributed by atoms with Gasteiger partial charge in [-0.3, -0.25) is 9.48 Å². The molecule has 1 unspecified atom stereocenters. The predicted molar refractivity (Wildman–Crippen MR) is 114 cm³/mol. The molecule has 2 N–H and O–H groups in total. The number of carbonyl (C=O) groups is 1. The van der Waals surface area contributed by atoms with E-state index in [4.69, 9.17) is 11.6 Å². The molecule has 1 aliphatic rings. The van der Waals surface area contributed by atoms with Crippen molar-refractivity contribution in [2.24, 2.45) is 20.0 Å². The van der Waals surface area contributed by atoms with E-state index < -0.39 is 0 Å². The van der Waals surface area contributed by atoms with E-state index in [1.54, 1.807) is 10.9 Å². The minimum atomic E-state index is -0.347. The van der Waals surface area contributed by atoms with Crippen molar-refractivity contribution in [3.05, 3.63) is 71.0 Å². The minimum absolute atomic E-state index is 0. The summed E-state index contributed by atoms with van der Waals surface area (Å²) in [6.45, 7) is 1.40. The van der Waals surface area contributed by atoms with Gasteiger partial charge in [0, 0.05) is 56.7 Å². The van der Waals surface area contributed by atoms with Gasteiger partial charge in [-0.15, -0.1) is 12.4 Å². The number of hydrogen-bond donors (Lipinski definition) is 2. The second-order valence-corrected chi connectivity index (χ2v) is 7.64. The lowest BCUT2D eigenvalue weighted by Gasteiger charge is -2.23. The molecule has 3 heterocycles. The number of aromatic nitrogens is 4. The first kappa shape index (κ1) is 21.4. The molecule has 7 nitrogen and oxygen atoms in total. The van der Waals surface area contributed by atoms with Gasteiger partial charge in [-0.25, -0.2) is 4.98 Å². The van der Waals surface area contributed by atoms with Gasteiger partial charge in [0.2, 0.25) is 5.91 Å². The Morgan fingerprint density at radius 1 is 1.28 bits per heavy atom. The molecule has 1 fully saturated rings. The van der Waals surface area contributed by atoms with Crippen LogP contribution in [-0.2, 0) is 18.9 Å². The van der Waals surface area contributed by atoms with Gasteiger partial charge in [0.15, 0.2) is 0 Å². The number of nitrogens with one attached hydrogen (secondary N) is 2. The van der Waals surface area contributed by atoms with Crippen LogP contribution in [0.5, 0.6) is 0 Å². The Balaban J connectivity index is 0.00000240. The zero-order valence-electron chi connectivity index (χ0n) is 16.2. The van der Waals surface area contributed by atoms with Crippen molar-refractivity contribution in [2.75, 3.05) is 13.1 Å². The molecular formula is C20H24Cl2N6O. The molecule has 3 atom stereocenters. The summed E-state index contributed by atoms with van der Waals surface area (Å²) in [6.07, 6.45) is 7.43. The van der Waals surface area contributed by atoms with Crippen LogP contribution in [0.1, 0.15) is 28.9 Å². The standard InChI is InChI=1S/C20H23ClN6O.ClH/c1-26-8-7-23-19(26)18(13-3-5-15(21)6-4-13)25-20(28)17-11-22-10-16(17)14-9-24-27(2)12-14;/h3-9,12,16-18,22H,10-11H2,1-2H3,(H,25,28);1H/t16-,17+,18?;/m1./s1. The molecule has 1 amide bonds. The Kier molecular flexibility index (Phi) is 6.62. The van der Waals surface area contributed by atoms with Crippen LogP contribution in [0.2, 0.25) is 5.02 Å². The van der Waals surface area contributed by atoms with Crippen LogP contribution in [0.15, 0.2) is 49.1 Å². The maximum absolute atomic E-state index is 13.3. The molecule has 3 aromatic rings. The zero-order chi connectivity index (χ0) is 19.7. The lowest BCUT2D eigenvalue weighted by Crippen LogP contribution is -2.38. The normalized spacial score (nSPS) is 19.6. The molecule has 9 heteroatoms. The summed E-state index contributed by atoms with van der Waals surface area (Å²) < 4.78 is 3.69. The Hall–Kier alpha value is -2.35. The van der Waals surface area contributed by atoms with E-state index in [9.17, 15) is 4.79 Å². The van der Waals surface area contributed by atoms with Gasteiger partial charge in [0.1, 0.15) is 11.9 Å². The van der Waals surface area contributed by atoms with E-state index >= 15 is 0 Å². The SMILES string of the molecule is Cl.Cn1cc([C@H]2CNC[C@@H]2C(=O)NC(c2ccc(Cl)cc2)c2nccn2C)cn1.